The third-order valence-electron chi connectivity index (χ3n) is 5.24. The predicted molar refractivity (Wildman–Crippen MR) is 113 cm³/mol. The first kappa shape index (κ1) is 19.4. The summed E-state index contributed by atoms with van der Waals surface area (Å²) in [6.45, 7) is 8.13. The van der Waals surface area contributed by atoms with Gasteiger partial charge in [0.25, 0.3) is 0 Å². The van der Waals surface area contributed by atoms with Gasteiger partial charge in [0.1, 0.15) is 0 Å². The zero-order chi connectivity index (χ0) is 19.1. The van der Waals surface area contributed by atoms with Gasteiger partial charge < -0.3 is 15.5 Å². The van der Waals surface area contributed by atoms with Crippen molar-refractivity contribution in [3.8, 4) is 0 Å². The highest BCUT2D eigenvalue weighted by atomic mass is 16.1. The molecular formula is C23H31N3O. The number of piperidine rings is 1. The van der Waals surface area contributed by atoms with Gasteiger partial charge in [0.05, 0.1) is 0 Å². The lowest BCUT2D eigenvalue weighted by molar-refractivity contribution is -0.116. The van der Waals surface area contributed by atoms with E-state index in [2.05, 4.69) is 65.8 Å². The summed E-state index contributed by atoms with van der Waals surface area (Å²) < 4.78 is 0. The van der Waals surface area contributed by atoms with Crippen LogP contribution in [0.5, 0.6) is 0 Å². The molecule has 0 aliphatic carbocycles. The van der Waals surface area contributed by atoms with E-state index in [1.807, 2.05) is 12.1 Å². The standard InChI is InChI=1S/C23H31N3O/c1-18-11-14-26(15-12-18)22-8-6-21(7-9-22)25-23(27)10-13-24-17-20-5-3-4-19(2)16-20/h3-9,16,18,24H,10-15,17H2,1-2H3,(H,25,27). The molecule has 3 rings (SSSR count). The molecule has 0 spiro atoms. The minimum Gasteiger partial charge on any atom is -0.372 e. The molecule has 2 aromatic rings. The van der Waals surface area contributed by atoms with Crippen molar-refractivity contribution in [2.24, 2.45) is 5.92 Å². The van der Waals surface area contributed by atoms with Crippen molar-refractivity contribution < 1.29 is 4.79 Å². The highest BCUT2D eigenvalue weighted by molar-refractivity contribution is 5.91. The molecule has 1 amide bonds. The van der Waals surface area contributed by atoms with Crippen molar-refractivity contribution in [3.63, 3.8) is 0 Å². The lowest BCUT2D eigenvalue weighted by Gasteiger charge is -2.32. The fraction of sp³-hybridized carbons (Fsp3) is 0.435. The third kappa shape index (κ3) is 6.10. The number of nitrogens with zero attached hydrogens (tertiary/aromatic N) is 1. The maximum absolute atomic E-state index is 12.1. The molecule has 1 aliphatic rings. The summed E-state index contributed by atoms with van der Waals surface area (Å²) in [6, 6.07) is 16.7. The van der Waals surface area contributed by atoms with Gasteiger partial charge in [-0.25, -0.2) is 0 Å². The summed E-state index contributed by atoms with van der Waals surface area (Å²) in [5.41, 5.74) is 4.63. The minimum absolute atomic E-state index is 0.0475. The number of benzene rings is 2. The highest BCUT2D eigenvalue weighted by Gasteiger charge is 2.15. The topological polar surface area (TPSA) is 44.4 Å². The first-order chi connectivity index (χ1) is 13.1. The molecule has 2 aromatic carbocycles. The Morgan fingerprint density at radius 3 is 2.56 bits per heavy atom. The summed E-state index contributed by atoms with van der Waals surface area (Å²) in [7, 11) is 0. The van der Waals surface area contributed by atoms with E-state index in [4.69, 9.17) is 0 Å². The zero-order valence-corrected chi connectivity index (χ0v) is 16.5. The lowest BCUT2D eigenvalue weighted by Crippen LogP contribution is -2.32. The second-order valence-electron chi connectivity index (χ2n) is 7.68. The molecule has 1 aliphatic heterocycles. The van der Waals surface area contributed by atoms with Gasteiger partial charge in [0.2, 0.25) is 5.91 Å². The first-order valence-electron chi connectivity index (χ1n) is 10.0. The molecule has 4 nitrogen and oxygen atoms in total. The fourth-order valence-electron chi connectivity index (χ4n) is 3.50. The van der Waals surface area contributed by atoms with Crippen LogP contribution in [0.4, 0.5) is 11.4 Å². The van der Waals surface area contributed by atoms with E-state index in [-0.39, 0.29) is 5.91 Å². The van der Waals surface area contributed by atoms with Gasteiger partial charge in [0, 0.05) is 44.0 Å². The largest absolute Gasteiger partial charge is 0.372 e. The minimum atomic E-state index is 0.0475. The Labute approximate surface area is 163 Å². The Bertz CT molecular complexity index is 734. The van der Waals surface area contributed by atoms with E-state index in [1.54, 1.807) is 0 Å². The predicted octanol–water partition coefficient (Wildman–Crippen LogP) is 4.35. The molecular weight excluding hydrogens is 334 g/mol. The summed E-state index contributed by atoms with van der Waals surface area (Å²) in [6.07, 6.45) is 2.99. The SMILES string of the molecule is Cc1cccc(CNCCC(=O)Nc2ccc(N3CCC(C)CC3)cc2)c1. The quantitative estimate of drug-likeness (QED) is 0.717. The molecule has 0 unspecified atom stereocenters. The molecule has 0 atom stereocenters. The van der Waals surface area contributed by atoms with Gasteiger partial charge in [-0.05, 0) is 55.5 Å². The number of rotatable bonds is 7. The normalized spacial score (nSPS) is 15.0. The monoisotopic (exact) mass is 365 g/mol. The Morgan fingerprint density at radius 2 is 1.85 bits per heavy atom. The van der Waals surface area contributed by atoms with Crippen LogP contribution in [-0.2, 0) is 11.3 Å². The van der Waals surface area contributed by atoms with E-state index >= 15 is 0 Å². The zero-order valence-electron chi connectivity index (χ0n) is 16.5. The summed E-state index contributed by atoms with van der Waals surface area (Å²) >= 11 is 0. The average molecular weight is 366 g/mol. The maximum Gasteiger partial charge on any atom is 0.225 e. The van der Waals surface area contributed by atoms with Crippen LogP contribution in [0.2, 0.25) is 0 Å². The second kappa shape index (κ2) is 9.56. The molecule has 4 heteroatoms. The Hall–Kier alpha value is -2.33. The second-order valence-corrected chi connectivity index (χ2v) is 7.68. The molecule has 144 valence electrons. The van der Waals surface area contributed by atoms with E-state index < -0.39 is 0 Å². The van der Waals surface area contributed by atoms with Crippen LogP contribution in [0.1, 0.15) is 37.3 Å². The lowest BCUT2D eigenvalue weighted by atomic mass is 9.99. The van der Waals surface area contributed by atoms with E-state index in [0.29, 0.717) is 13.0 Å². The molecule has 1 heterocycles. The van der Waals surface area contributed by atoms with E-state index in [9.17, 15) is 4.79 Å². The van der Waals surface area contributed by atoms with Crippen LogP contribution >= 0.6 is 0 Å². The average Bonchev–Trinajstić information content (AvgIpc) is 2.67. The third-order valence-corrected chi connectivity index (χ3v) is 5.24. The number of nitrogens with one attached hydrogen (secondary N) is 2. The molecule has 0 saturated carbocycles. The highest BCUT2D eigenvalue weighted by Crippen LogP contribution is 2.24. The number of hydrogen-bond acceptors (Lipinski definition) is 3. The maximum atomic E-state index is 12.1. The molecule has 2 N–H and O–H groups in total. The number of carbonyl (C=O) groups excluding carboxylic acids is 1. The van der Waals surface area contributed by atoms with Crippen LogP contribution < -0.4 is 15.5 Å². The number of amides is 1. The van der Waals surface area contributed by atoms with Gasteiger partial charge in [-0.3, -0.25) is 4.79 Å². The van der Waals surface area contributed by atoms with Crippen LogP contribution in [0, 0.1) is 12.8 Å². The number of aryl methyl sites for hydroxylation is 1. The Kier molecular flexibility index (Phi) is 6.88. The van der Waals surface area contributed by atoms with Crippen LogP contribution in [-0.4, -0.2) is 25.5 Å². The molecule has 0 aromatic heterocycles. The molecule has 27 heavy (non-hydrogen) atoms. The van der Waals surface area contributed by atoms with Crippen molar-refractivity contribution in [1.82, 2.24) is 5.32 Å². The van der Waals surface area contributed by atoms with Crippen molar-refractivity contribution >= 4 is 17.3 Å². The number of anilines is 2. The van der Waals surface area contributed by atoms with Crippen LogP contribution in [0.15, 0.2) is 48.5 Å². The first-order valence-corrected chi connectivity index (χ1v) is 10.0. The van der Waals surface area contributed by atoms with Gasteiger partial charge >= 0.3 is 0 Å². The Balaban J connectivity index is 1.39. The molecule has 1 fully saturated rings. The molecule has 1 saturated heterocycles. The molecule has 0 bridgehead atoms. The van der Waals surface area contributed by atoms with Crippen molar-refractivity contribution in [2.45, 2.75) is 39.7 Å². The van der Waals surface area contributed by atoms with E-state index in [0.717, 1.165) is 31.2 Å². The molecule has 0 radical (unpaired) electrons. The van der Waals surface area contributed by atoms with Gasteiger partial charge in [0.15, 0.2) is 0 Å². The smallest absolute Gasteiger partial charge is 0.225 e. The van der Waals surface area contributed by atoms with E-state index in [1.165, 1.54) is 29.7 Å². The van der Waals surface area contributed by atoms with Crippen LogP contribution in [0.3, 0.4) is 0 Å². The Morgan fingerprint density at radius 1 is 1.11 bits per heavy atom. The van der Waals surface area contributed by atoms with Gasteiger partial charge in [-0.1, -0.05) is 36.8 Å². The fourth-order valence-corrected chi connectivity index (χ4v) is 3.50. The van der Waals surface area contributed by atoms with Gasteiger partial charge in [-0.15, -0.1) is 0 Å². The van der Waals surface area contributed by atoms with Gasteiger partial charge in [-0.2, -0.15) is 0 Å². The number of carbonyl (C=O) groups is 1. The van der Waals surface area contributed by atoms with Crippen molar-refractivity contribution in [3.05, 3.63) is 59.7 Å². The summed E-state index contributed by atoms with van der Waals surface area (Å²) in [5.74, 6) is 0.880. The summed E-state index contributed by atoms with van der Waals surface area (Å²) in [5, 5.41) is 6.32. The summed E-state index contributed by atoms with van der Waals surface area (Å²) in [4.78, 5) is 14.6. The van der Waals surface area contributed by atoms with Crippen molar-refractivity contribution in [1.29, 1.82) is 0 Å². The number of hydrogen-bond donors (Lipinski definition) is 2. The van der Waals surface area contributed by atoms with Crippen molar-refractivity contribution in [2.75, 3.05) is 29.9 Å². The van der Waals surface area contributed by atoms with Crippen LogP contribution in [0.25, 0.3) is 0 Å².